The van der Waals surface area contributed by atoms with Gasteiger partial charge >= 0.3 is 0 Å². The average Bonchev–Trinajstić information content (AvgIpc) is 2.45. The van der Waals surface area contributed by atoms with Gasteiger partial charge in [-0.3, -0.25) is 0 Å². The third-order valence-corrected chi connectivity index (χ3v) is 3.34. The van der Waals surface area contributed by atoms with Crippen LogP contribution in [0.5, 0.6) is 5.75 Å². The smallest absolute Gasteiger partial charge is 0.148 e. The number of ether oxygens (including phenoxy) is 2. The Kier molecular flexibility index (Phi) is 9.16. The van der Waals surface area contributed by atoms with Crippen LogP contribution in [0.4, 0.5) is 0 Å². The zero-order valence-corrected chi connectivity index (χ0v) is 14.4. The molecule has 0 saturated carbocycles. The standard InChI is InChI=1S/C17H24BrNO2/c1-4-10-21-17-8-7-16(18)12-15(17)13-19-9-5-6-11-20-14(2)3/h1,7-8,12,14,19H,5-6,9-11,13H2,2-3H3. The number of benzene rings is 1. The Morgan fingerprint density at radius 3 is 2.86 bits per heavy atom. The molecule has 1 aromatic carbocycles. The van der Waals surface area contributed by atoms with Gasteiger partial charge in [-0.05, 0) is 51.4 Å². The van der Waals surface area contributed by atoms with E-state index >= 15 is 0 Å². The van der Waals surface area contributed by atoms with Crippen molar-refractivity contribution in [2.45, 2.75) is 39.3 Å². The lowest BCUT2D eigenvalue weighted by atomic mass is 10.2. The number of halogens is 1. The third-order valence-electron chi connectivity index (χ3n) is 2.85. The summed E-state index contributed by atoms with van der Waals surface area (Å²) in [4.78, 5) is 0. The number of nitrogens with one attached hydrogen (secondary N) is 1. The van der Waals surface area contributed by atoms with Crippen LogP contribution in [0.3, 0.4) is 0 Å². The molecule has 0 aliphatic heterocycles. The SMILES string of the molecule is C#CCOc1ccc(Br)cc1CNCCCCOC(C)C. The van der Waals surface area contributed by atoms with Gasteiger partial charge in [-0.1, -0.05) is 21.9 Å². The average molecular weight is 354 g/mol. The first-order valence-electron chi connectivity index (χ1n) is 7.30. The molecule has 0 unspecified atom stereocenters. The van der Waals surface area contributed by atoms with Crippen LogP contribution in [0.15, 0.2) is 22.7 Å². The predicted octanol–water partition coefficient (Wildman–Crippen LogP) is 3.76. The molecule has 0 aromatic heterocycles. The van der Waals surface area contributed by atoms with Crippen LogP contribution in [0.1, 0.15) is 32.3 Å². The minimum atomic E-state index is 0.293. The molecule has 0 fully saturated rings. The molecule has 3 nitrogen and oxygen atoms in total. The zero-order chi connectivity index (χ0) is 15.5. The molecule has 0 heterocycles. The molecule has 0 radical (unpaired) electrons. The summed E-state index contributed by atoms with van der Waals surface area (Å²) in [7, 11) is 0. The molecule has 0 bridgehead atoms. The molecule has 0 aliphatic carbocycles. The normalized spacial score (nSPS) is 10.6. The van der Waals surface area contributed by atoms with Crippen LogP contribution in [-0.2, 0) is 11.3 Å². The summed E-state index contributed by atoms with van der Waals surface area (Å²) in [5.41, 5.74) is 1.11. The first-order chi connectivity index (χ1) is 10.1. The summed E-state index contributed by atoms with van der Waals surface area (Å²) >= 11 is 3.48. The van der Waals surface area contributed by atoms with E-state index in [9.17, 15) is 0 Å². The van der Waals surface area contributed by atoms with Gasteiger partial charge in [-0.2, -0.15) is 0 Å². The van der Waals surface area contributed by atoms with E-state index in [1.54, 1.807) is 0 Å². The molecule has 0 saturated heterocycles. The van der Waals surface area contributed by atoms with Gasteiger partial charge in [-0.25, -0.2) is 0 Å². The highest BCUT2D eigenvalue weighted by Gasteiger charge is 2.04. The van der Waals surface area contributed by atoms with Crippen LogP contribution < -0.4 is 10.1 Å². The van der Waals surface area contributed by atoms with E-state index in [0.29, 0.717) is 12.7 Å². The number of hydrogen-bond acceptors (Lipinski definition) is 3. The largest absolute Gasteiger partial charge is 0.481 e. The van der Waals surface area contributed by atoms with Gasteiger partial charge in [0, 0.05) is 23.2 Å². The van der Waals surface area contributed by atoms with Crippen LogP contribution in [0.2, 0.25) is 0 Å². The van der Waals surface area contributed by atoms with E-state index in [-0.39, 0.29) is 0 Å². The molecule has 1 aromatic rings. The number of unbranched alkanes of at least 4 members (excludes halogenated alkanes) is 1. The molecule has 4 heteroatoms. The van der Waals surface area contributed by atoms with Gasteiger partial charge in [0.25, 0.3) is 0 Å². The molecular weight excluding hydrogens is 330 g/mol. The zero-order valence-electron chi connectivity index (χ0n) is 12.8. The summed E-state index contributed by atoms with van der Waals surface area (Å²) in [5.74, 6) is 3.33. The molecule has 0 spiro atoms. The fraction of sp³-hybridized carbons (Fsp3) is 0.529. The molecule has 1 rings (SSSR count). The quantitative estimate of drug-likeness (QED) is 0.513. The molecule has 0 aliphatic rings. The van der Waals surface area contributed by atoms with Crippen molar-refractivity contribution in [1.82, 2.24) is 5.32 Å². The Balaban J connectivity index is 2.30. The fourth-order valence-electron chi connectivity index (χ4n) is 1.84. The van der Waals surface area contributed by atoms with Crippen molar-refractivity contribution >= 4 is 15.9 Å². The number of hydrogen-bond donors (Lipinski definition) is 1. The highest BCUT2D eigenvalue weighted by atomic mass is 79.9. The minimum Gasteiger partial charge on any atom is -0.481 e. The Morgan fingerprint density at radius 2 is 2.14 bits per heavy atom. The number of terminal acetylenes is 1. The minimum absolute atomic E-state index is 0.293. The number of rotatable bonds is 10. The van der Waals surface area contributed by atoms with Crippen LogP contribution in [0, 0.1) is 12.3 Å². The van der Waals surface area contributed by atoms with Gasteiger partial charge in [0.1, 0.15) is 12.4 Å². The molecule has 116 valence electrons. The summed E-state index contributed by atoms with van der Waals surface area (Å²) < 4.78 is 12.1. The van der Waals surface area contributed by atoms with Crippen LogP contribution >= 0.6 is 15.9 Å². The second-order valence-electron chi connectivity index (χ2n) is 5.05. The molecule has 0 amide bonds. The van der Waals surface area contributed by atoms with E-state index in [4.69, 9.17) is 15.9 Å². The van der Waals surface area contributed by atoms with Crippen molar-refractivity contribution in [3.8, 4) is 18.1 Å². The maximum absolute atomic E-state index is 5.55. The monoisotopic (exact) mass is 353 g/mol. The Hall–Kier alpha value is -1.02. The van der Waals surface area contributed by atoms with Crippen molar-refractivity contribution in [2.75, 3.05) is 19.8 Å². The van der Waals surface area contributed by atoms with E-state index in [2.05, 4.69) is 47.1 Å². The summed E-state index contributed by atoms with van der Waals surface area (Å²) in [6.07, 6.45) is 7.72. The van der Waals surface area contributed by atoms with Crippen molar-refractivity contribution in [3.05, 3.63) is 28.2 Å². The van der Waals surface area contributed by atoms with Crippen LogP contribution in [0.25, 0.3) is 0 Å². The van der Waals surface area contributed by atoms with Crippen LogP contribution in [-0.4, -0.2) is 25.9 Å². The fourth-order valence-corrected chi connectivity index (χ4v) is 2.25. The molecule has 1 N–H and O–H groups in total. The van der Waals surface area contributed by atoms with E-state index < -0.39 is 0 Å². The van der Waals surface area contributed by atoms with Crippen molar-refractivity contribution in [1.29, 1.82) is 0 Å². The van der Waals surface area contributed by atoms with Gasteiger partial charge in [0.05, 0.1) is 6.10 Å². The molecular formula is C17H24BrNO2. The third kappa shape index (κ3) is 8.11. The maximum Gasteiger partial charge on any atom is 0.148 e. The Bertz CT molecular complexity index is 455. The highest BCUT2D eigenvalue weighted by Crippen LogP contribution is 2.23. The van der Waals surface area contributed by atoms with Gasteiger partial charge in [0.2, 0.25) is 0 Å². The van der Waals surface area contributed by atoms with Crippen molar-refractivity contribution < 1.29 is 9.47 Å². The summed E-state index contributed by atoms with van der Waals surface area (Å²) in [6, 6.07) is 5.95. The summed E-state index contributed by atoms with van der Waals surface area (Å²) in [6.45, 7) is 6.97. The lowest BCUT2D eigenvalue weighted by Gasteiger charge is -2.12. The predicted molar refractivity (Wildman–Crippen MR) is 90.5 cm³/mol. The topological polar surface area (TPSA) is 30.5 Å². The Morgan fingerprint density at radius 1 is 1.33 bits per heavy atom. The maximum atomic E-state index is 5.55. The Labute approximate surface area is 136 Å². The van der Waals surface area contributed by atoms with E-state index in [1.807, 2.05) is 12.1 Å². The van der Waals surface area contributed by atoms with Crippen molar-refractivity contribution in [3.63, 3.8) is 0 Å². The molecule has 21 heavy (non-hydrogen) atoms. The second kappa shape index (κ2) is 10.7. The highest BCUT2D eigenvalue weighted by molar-refractivity contribution is 9.10. The second-order valence-corrected chi connectivity index (χ2v) is 5.96. The van der Waals surface area contributed by atoms with E-state index in [1.165, 1.54) is 0 Å². The first kappa shape index (κ1) is 18.0. The van der Waals surface area contributed by atoms with Gasteiger partial charge < -0.3 is 14.8 Å². The van der Waals surface area contributed by atoms with E-state index in [0.717, 1.165) is 48.3 Å². The lowest BCUT2D eigenvalue weighted by molar-refractivity contribution is 0.0760. The lowest BCUT2D eigenvalue weighted by Crippen LogP contribution is -2.16. The van der Waals surface area contributed by atoms with Crippen molar-refractivity contribution in [2.24, 2.45) is 0 Å². The first-order valence-corrected chi connectivity index (χ1v) is 8.09. The summed E-state index contributed by atoms with van der Waals surface area (Å²) in [5, 5.41) is 3.43. The van der Waals surface area contributed by atoms with Gasteiger partial charge in [0.15, 0.2) is 0 Å². The van der Waals surface area contributed by atoms with Gasteiger partial charge in [-0.15, -0.1) is 6.42 Å². The molecule has 0 atom stereocenters.